The molecule has 1 saturated carbocycles. The molecule has 1 aliphatic carbocycles. The van der Waals surface area contributed by atoms with Crippen molar-refractivity contribution in [2.75, 3.05) is 5.32 Å². The predicted octanol–water partition coefficient (Wildman–Crippen LogP) is 1.40. The summed E-state index contributed by atoms with van der Waals surface area (Å²) in [6.45, 7) is 4.05. The minimum atomic E-state index is -3.78. The maximum absolute atomic E-state index is 12.4. The van der Waals surface area contributed by atoms with Crippen LogP contribution in [-0.2, 0) is 19.6 Å². The van der Waals surface area contributed by atoms with Crippen LogP contribution in [0, 0.1) is 5.41 Å². The lowest BCUT2D eigenvalue weighted by molar-refractivity contribution is -0.124. The van der Waals surface area contributed by atoms with E-state index >= 15 is 0 Å². The number of hydrogen-bond donors (Lipinski definition) is 3. The molecule has 1 aromatic rings. The van der Waals surface area contributed by atoms with Crippen molar-refractivity contribution in [3.05, 3.63) is 24.3 Å². The number of sulfonamides is 1. The molecule has 3 rings (SSSR count). The molecule has 4 N–H and O–H groups in total. The van der Waals surface area contributed by atoms with Crippen LogP contribution in [-0.4, -0.2) is 30.0 Å². The van der Waals surface area contributed by atoms with Gasteiger partial charge in [-0.15, -0.1) is 0 Å². The average molecular weight is 396 g/mol. The number of amides is 1. The Hall–Kier alpha value is -1.91. The lowest BCUT2D eigenvalue weighted by Gasteiger charge is -2.40. The molecule has 2 aliphatic rings. The first-order valence-corrected chi connectivity index (χ1v) is 10.3. The SMILES string of the molecule is CC1(C)CC(=O)CC2(C1)NN=C(C(=O)Nc1ccc(S(N)(=O)=O)cc1)S2. The molecule has 1 atom stereocenters. The van der Waals surface area contributed by atoms with E-state index in [4.69, 9.17) is 5.14 Å². The second-order valence-electron chi connectivity index (χ2n) is 7.38. The van der Waals surface area contributed by atoms with Gasteiger partial charge >= 0.3 is 0 Å². The van der Waals surface area contributed by atoms with E-state index in [1.165, 1.54) is 36.0 Å². The molecule has 1 spiro atoms. The van der Waals surface area contributed by atoms with Crippen LogP contribution in [0.4, 0.5) is 5.69 Å². The third kappa shape index (κ3) is 4.08. The van der Waals surface area contributed by atoms with E-state index in [0.29, 0.717) is 18.5 Å². The third-order valence-corrected chi connectivity index (χ3v) is 6.38. The summed E-state index contributed by atoms with van der Waals surface area (Å²) in [5, 5.41) is 12.1. The van der Waals surface area contributed by atoms with Crippen LogP contribution in [0.5, 0.6) is 0 Å². The van der Waals surface area contributed by atoms with Gasteiger partial charge in [-0.1, -0.05) is 25.6 Å². The van der Waals surface area contributed by atoms with Crippen molar-refractivity contribution in [2.24, 2.45) is 15.7 Å². The Bertz CT molecular complexity index is 893. The van der Waals surface area contributed by atoms with Gasteiger partial charge in [-0.2, -0.15) is 5.10 Å². The summed E-state index contributed by atoms with van der Waals surface area (Å²) in [6, 6.07) is 5.54. The fourth-order valence-corrected chi connectivity index (χ4v) is 5.26. The molecular weight excluding hydrogens is 376 g/mol. The summed E-state index contributed by atoms with van der Waals surface area (Å²) < 4.78 is 22.5. The Labute approximate surface area is 156 Å². The van der Waals surface area contributed by atoms with Crippen molar-refractivity contribution in [1.29, 1.82) is 0 Å². The Morgan fingerprint density at radius 2 is 1.92 bits per heavy atom. The van der Waals surface area contributed by atoms with Crippen molar-refractivity contribution in [1.82, 2.24) is 5.43 Å². The standard InChI is InChI=1S/C16H20N4O4S2/c1-15(2)7-11(21)8-16(9-15)20-19-14(25-16)13(22)18-10-3-5-12(6-4-10)26(17,23)24/h3-6,20H,7-9H2,1-2H3,(H,18,22)(H2,17,23,24). The molecular formula is C16H20N4O4S2. The van der Waals surface area contributed by atoms with Crippen molar-refractivity contribution in [3.8, 4) is 0 Å². The first-order valence-electron chi connectivity index (χ1n) is 7.98. The number of hydrogen-bond acceptors (Lipinski definition) is 7. The van der Waals surface area contributed by atoms with Gasteiger partial charge in [0.05, 0.1) is 4.90 Å². The molecule has 1 unspecified atom stereocenters. The van der Waals surface area contributed by atoms with Gasteiger partial charge in [0.25, 0.3) is 5.91 Å². The summed E-state index contributed by atoms with van der Waals surface area (Å²) in [5.74, 6) is -0.268. The third-order valence-electron chi connectivity index (χ3n) is 4.21. The highest BCUT2D eigenvalue weighted by Crippen LogP contribution is 2.47. The Morgan fingerprint density at radius 1 is 1.27 bits per heavy atom. The summed E-state index contributed by atoms with van der Waals surface area (Å²) in [5.41, 5.74) is 3.25. The molecule has 0 radical (unpaired) electrons. The Kier molecular flexibility index (Phi) is 4.62. The fourth-order valence-electron chi connectivity index (χ4n) is 3.36. The number of nitrogens with one attached hydrogen (secondary N) is 2. The molecule has 0 bridgehead atoms. The maximum atomic E-state index is 12.4. The number of nitrogens with zero attached hydrogens (tertiary/aromatic N) is 1. The van der Waals surface area contributed by atoms with Gasteiger partial charge in [0.15, 0.2) is 5.04 Å². The summed E-state index contributed by atoms with van der Waals surface area (Å²) >= 11 is 1.26. The Balaban J connectivity index is 1.67. The van der Waals surface area contributed by atoms with Crippen molar-refractivity contribution < 1.29 is 18.0 Å². The van der Waals surface area contributed by atoms with Gasteiger partial charge in [0.2, 0.25) is 10.0 Å². The highest BCUT2D eigenvalue weighted by atomic mass is 32.2. The van der Waals surface area contributed by atoms with Gasteiger partial charge in [-0.05, 0) is 36.1 Å². The van der Waals surface area contributed by atoms with Crippen LogP contribution in [0.1, 0.15) is 33.1 Å². The molecule has 1 heterocycles. The quantitative estimate of drug-likeness (QED) is 0.708. The molecule has 1 amide bonds. The summed E-state index contributed by atoms with van der Waals surface area (Å²) in [4.78, 5) is 23.9. The van der Waals surface area contributed by atoms with Crippen LogP contribution in [0.2, 0.25) is 0 Å². The number of ketones is 1. The lowest BCUT2D eigenvalue weighted by Crippen LogP contribution is -2.47. The van der Waals surface area contributed by atoms with Gasteiger partial charge in [-0.25, -0.2) is 13.6 Å². The largest absolute Gasteiger partial charge is 0.320 e. The maximum Gasteiger partial charge on any atom is 0.282 e. The highest BCUT2D eigenvalue weighted by molar-refractivity contribution is 8.17. The minimum absolute atomic E-state index is 0.0355. The van der Waals surface area contributed by atoms with Gasteiger partial charge in [-0.3, -0.25) is 15.0 Å². The number of primary sulfonamides is 1. The zero-order valence-electron chi connectivity index (χ0n) is 14.4. The van der Waals surface area contributed by atoms with E-state index in [1.54, 1.807) is 0 Å². The first kappa shape index (κ1) is 18.9. The van der Waals surface area contributed by atoms with Crippen molar-refractivity contribution in [3.63, 3.8) is 0 Å². The van der Waals surface area contributed by atoms with E-state index in [2.05, 4.69) is 15.8 Å². The zero-order valence-corrected chi connectivity index (χ0v) is 16.0. The lowest BCUT2D eigenvalue weighted by atomic mass is 9.74. The number of Topliss-reactive ketones (excluding diaryl/α,β-unsaturated/α-hetero) is 1. The number of rotatable bonds is 3. The summed E-state index contributed by atoms with van der Waals surface area (Å²) in [6.07, 6.45) is 1.57. The number of benzene rings is 1. The normalized spacial score (nSPS) is 24.9. The van der Waals surface area contributed by atoms with E-state index in [9.17, 15) is 18.0 Å². The minimum Gasteiger partial charge on any atom is -0.320 e. The molecule has 1 aromatic carbocycles. The topological polar surface area (TPSA) is 131 Å². The van der Waals surface area contributed by atoms with Crippen molar-refractivity contribution >= 4 is 44.2 Å². The van der Waals surface area contributed by atoms with Gasteiger partial charge in [0, 0.05) is 18.5 Å². The van der Waals surface area contributed by atoms with Crippen LogP contribution in [0.15, 0.2) is 34.3 Å². The smallest absolute Gasteiger partial charge is 0.282 e. The van der Waals surface area contributed by atoms with E-state index in [-0.39, 0.29) is 21.1 Å². The molecule has 26 heavy (non-hydrogen) atoms. The molecule has 8 nitrogen and oxygen atoms in total. The second kappa shape index (κ2) is 6.36. The van der Waals surface area contributed by atoms with E-state index in [0.717, 1.165) is 6.42 Å². The zero-order chi connectivity index (χ0) is 19.2. The van der Waals surface area contributed by atoms with Crippen LogP contribution < -0.4 is 15.9 Å². The number of thioether (sulfide) groups is 1. The van der Waals surface area contributed by atoms with Crippen LogP contribution >= 0.6 is 11.8 Å². The number of anilines is 1. The van der Waals surface area contributed by atoms with Gasteiger partial charge in [0.1, 0.15) is 10.7 Å². The molecule has 0 aromatic heterocycles. The number of hydrazone groups is 1. The van der Waals surface area contributed by atoms with Gasteiger partial charge < -0.3 is 5.32 Å². The molecule has 10 heteroatoms. The summed E-state index contributed by atoms with van der Waals surface area (Å²) in [7, 11) is -3.78. The highest BCUT2D eigenvalue weighted by Gasteiger charge is 2.48. The number of carbonyl (C=O) groups is 2. The molecule has 0 saturated heterocycles. The number of carbonyl (C=O) groups excluding carboxylic acids is 2. The van der Waals surface area contributed by atoms with E-state index < -0.39 is 20.8 Å². The molecule has 1 aliphatic heterocycles. The average Bonchev–Trinajstić information content (AvgIpc) is 2.87. The van der Waals surface area contributed by atoms with Crippen molar-refractivity contribution in [2.45, 2.75) is 42.9 Å². The van der Waals surface area contributed by atoms with E-state index in [1.807, 2.05) is 13.8 Å². The second-order valence-corrected chi connectivity index (χ2v) is 10.3. The predicted molar refractivity (Wildman–Crippen MR) is 100.0 cm³/mol. The molecule has 1 fully saturated rings. The number of nitrogens with two attached hydrogens (primary N) is 1. The fraction of sp³-hybridized carbons (Fsp3) is 0.438. The van der Waals surface area contributed by atoms with Crippen LogP contribution in [0.25, 0.3) is 0 Å². The first-order chi connectivity index (χ1) is 12.0. The monoisotopic (exact) mass is 396 g/mol. The Morgan fingerprint density at radius 3 is 2.50 bits per heavy atom. The molecule has 140 valence electrons. The van der Waals surface area contributed by atoms with Crippen LogP contribution in [0.3, 0.4) is 0 Å².